The summed E-state index contributed by atoms with van der Waals surface area (Å²) in [6.45, 7) is 0.637. The normalized spacial score (nSPS) is 16.3. The van der Waals surface area contributed by atoms with E-state index in [9.17, 15) is 18.3 Å². The number of benzene rings is 1. The Kier molecular flexibility index (Phi) is 8.13. The fourth-order valence-electron chi connectivity index (χ4n) is 3.47. The van der Waals surface area contributed by atoms with Crippen molar-refractivity contribution in [2.24, 2.45) is 0 Å². The molecule has 1 aliphatic heterocycles. The maximum absolute atomic E-state index is 12.7. The van der Waals surface area contributed by atoms with Gasteiger partial charge in [-0.25, -0.2) is 8.42 Å². The quantitative estimate of drug-likeness (QED) is 0.557. The number of amides is 1. The molecule has 11 heteroatoms. The highest BCUT2D eigenvalue weighted by atomic mass is 35.5. The second-order valence-corrected chi connectivity index (χ2v) is 10.4. The number of carbonyl (C=O) groups excluding carboxylic acids is 1. The average molecular weight is 502 g/mol. The molecule has 174 valence electrons. The fourth-order valence-corrected chi connectivity index (χ4v) is 5.71. The molecule has 1 aliphatic rings. The lowest BCUT2D eigenvalue weighted by Gasteiger charge is -2.37. The number of hydrogen-bond acceptors (Lipinski definition) is 6. The minimum absolute atomic E-state index is 0.0231. The first kappa shape index (κ1) is 24.9. The number of ether oxygens (including phenoxy) is 1. The van der Waals surface area contributed by atoms with Crippen LogP contribution in [0.2, 0.25) is 10.0 Å². The van der Waals surface area contributed by atoms with E-state index in [2.05, 4.69) is 4.98 Å². The maximum Gasteiger partial charge on any atom is 0.248 e. The lowest BCUT2D eigenvalue weighted by atomic mass is 9.88. The number of carbonyl (C=O) groups is 1. The van der Waals surface area contributed by atoms with Gasteiger partial charge in [0.2, 0.25) is 15.9 Å². The van der Waals surface area contributed by atoms with Gasteiger partial charge in [0, 0.05) is 32.9 Å². The standard InChI is InChI=1S/C21H25Cl2N3O5S/c1-25(32(29,30)20-16(22)5-4-6-17(20)23)13-14-31-15-19(27)26-11-8-21(28,9-12-26)18-7-2-3-10-24-18/h2-7,10,28H,8-9,11-15H2,1H3. The van der Waals surface area contributed by atoms with E-state index in [1.807, 2.05) is 6.07 Å². The van der Waals surface area contributed by atoms with Gasteiger partial charge in [0.25, 0.3) is 0 Å². The zero-order valence-electron chi connectivity index (χ0n) is 17.6. The Balaban J connectivity index is 1.46. The van der Waals surface area contributed by atoms with Crippen molar-refractivity contribution in [3.05, 3.63) is 58.3 Å². The Morgan fingerprint density at radius 2 is 1.84 bits per heavy atom. The van der Waals surface area contributed by atoms with Crippen molar-refractivity contribution in [1.82, 2.24) is 14.2 Å². The van der Waals surface area contributed by atoms with Crippen molar-refractivity contribution in [3.8, 4) is 0 Å². The van der Waals surface area contributed by atoms with Gasteiger partial charge in [-0.3, -0.25) is 9.78 Å². The first-order chi connectivity index (χ1) is 15.1. The van der Waals surface area contributed by atoms with Gasteiger partial charge in [0.05, 0.1) is 22.3 Å². The Bertz CT molecular complexity index is 1020. The van der Waals surface area contributed by atoms with Crippen LogP contribution in [0.5, 0.6) is 0 Å². The van der Waals surface area contributed by atoms with Gasteiger partial charge >= 0.3 is 0 Å². The first-order valence-corrected chi connectivity index (χ1v) is 12.2. The van der Waals surface area contributed by atoms with Crippen LogP contribution >= 0.6 is 23.2 Å². The van der Waals surface area contributed by atoms with Crippen LogP contribution in [-0.4, -0.2) is 73.5 Å². The van der Waals surface area contributed by atoms with Crippen molar-refractivity contribution in [2.75, 3.05) is 39.9 Å². The predicted octanol–water partition coefficient (Wildman–Crippen LogP) is 2.54. The summed E-state index contributed by atoms with van der Waals surface area (Å²) in [6, 6.07) is 9.86. The minimum Gasteiger partial charge on any atom is -0.383 e. The van der Waals surface area contributed by atoms with Gasteiger partial charge < -0.3 is 14.7 Å². The number of aliphatic hydroxyl groups is 1. The number of pyridine rings is 1. The van der Waals surface area contributed by atoms with E-state index < -0.39 is 15.6 Å². The summed E-state index contributed by atoms with van der Waals surface area (Å²) in [5.41, 5.74) is -0.443. The number of sulfonamides is 1. The van der Waals surface area contributed by atoms with Crippen LogP contribution in [0.3, 0.4) is 0 Å². The summed E-state index contributed by atoms with van der Waals surface area (Å²) >= 11 is 12.0. The predicted molar refractivity (Wildman–Crippen MR) is 121 cm³/mol. The topological polar surface area (TPSA) is 100 Å². The Hall–Kier alpha value is -1.75. The van der Waals surface area contributed by atoms with Crippen molar-refractivity contribution in [1.29, 1.82) is 0 Å². The summed E-state index contributed by atoms with van der Waals surface area (Å²) in [7, 11) is -2.51. The number of aromatic nitrogens is 1. The van der Waals surface area contributed by atoms with Crippen LogP contribution in [0.1, 0.15) is 18.5 Å². The third kappa shape index (κ3) is 5.59. The van der Waals surface area contributed by atoms with Gasteiger partial charge in [0.1, 0.15) is 17.1 Å². The molecule has 1 aromatic heterocycles. The highest BCUT2D eigenvalue weighted by Crippen LogP contribution is 2.32. The molecule has 0 aliphatic carbocycles. The second kappa shape index (κ2) is 10.5. The fraction of sp³-hybridized carbons (Fsp3) is 0.429. The number of hydrogen-bond donors (Lipinski definition) is 1. The minimum atomic E-state index is -3.90. The van der Waals surface area contributed by atoms with Gasteiger partial charge in [-0.05, 0) is 37.1 Å². The SMILES string of the molecule is CN(CCOCC(=O)N1CCC(O)(c2ccccn2)CC1)S(=O)(=O)c1c(Cl)cccc1Cl. The number of likely N-dealkylation sites (N-methyl/N-ethyl adjacent to an activating group) is 1. The zero-order valence-corrected chi connectivity index (χ0v) is 19.9. The van der Waals surface area contributed by atoms with Gasteiger partial charge in [0.15, 0.2) is 0 Å². The molecule has 1 aromatic carbocycles. The molecule has 32 heavy (non-hydrogen) atoms. The van der Waals surface area contributed by atoms with Crippen LogP contribution < -0.4 is 0 Å². The third-order valence-corrected chi connectivity index (χ3v) is 8.26. The molecule has 0 spiro atoms. The average Bonchev–Trinajstić information content (AvgIpc) is 2.77. The number of likely N-dealkylation sites (tertiary alicyclic amines) is 1. The monoisotopic (exact) mass is 501 g/mol. The first-order valence-electron chi connectivity index (χ1n) is 10.0. The van der Waals surface area contributed by atoms with Crippen molar-refractivity contribution in [3.63, 3.8) is 0 Å². The van der Waals surface area contributed by atoms with Crippen LogP contribution in [0.4, 0.5) is 0 Å². The molecule has 1 amide bonds. The highest BCUT2D eigenvalue weighted by molar-refractivity contribution is 7.89. The molecular formula is C21H25Cl2N3O5S. The highest BCUT2D eigenvalue weighted by Gasteiger charge is 2.36. The number of rotatable bonds is 8. The Morgan fingerprint density at radius 1 is 1.19 bits per heavy atom. The van der Waals surface area contributed by atoms with E-state index in [0.717, 1.165) is 4.31 Å². The van der Waals surface area contributed by atoms with Crippen molar-refractivity contribution < 1.29 is 23.1 Å². The molecule has 8 nitrogen and oxygen atoms in total. The third-order valence-electron chi connectivity index (χ3n) is 5.45. The molecule has 0 atom stereocenters. The maximum atomic E-state index is 12.7. The summed E-state index contributed by atoms with van der Waals surface area (Å²) < 4.78 is 31.9. The molecule has 0 saturated carbocycles. The van der Waals surface area contributed by atoms with E-state index in [-0.39, 0.29) is 40.6 Å². The Morgan fingerprint density at radius 3 is 2.44 bits per heavy atom. The summed E-state index contributed by atoms with van der Waals surface area (Å²) in [6.07, 6.45) is 2.40. The summed E-state index contributed by atoms with van der Waals surface area (Å²) in [5, 5.41) is 10.9. The molecule has 0 unspecified atom stereocenters. The lowest BCUT2D eigenvalue weighted by molar-refractivity contribution is -0.140. The van der Waals surface area contributed by atoms with E-state index in [0.29, 0.717) is 31.6 Å². The van der Waals surface area contributed by atoms with E-state index in [4.69, 9.17) is 27.9 Å². The largest absolute Gasteiger partial charge is 0.383 e. The van der Waals surface area contributed by atoms with Crippen LogP contribution in [0.25, 0.3) is 0 Å². The summed E-state index contributed by atoms with van der Waals surface area (Å²) in [4.78, 5) is 18.1. The van der Waals surface area contributed by atoms with Gasteiger partial charge in [-0.2, -0.15) is 4.31 Å². The van der Waals surface area contributed by atoms with Gasteiger partial charge in [-0.15, -0.1) is 0 Å². The van der Waals surface area contributed by atoms with Crippen LogP contribution in [0, 0.1) is 0 Å². The Labute approximate surface area is 197 Å². The molecule has 1 N–H and O–H groups in total. The van der Waals surface area contributed by atoms with E-state index >= 15 is 0 Å². The molecular weight excluding hydrogens is 477 g/mol. The van der Waals surface area contributed by atoms with Crippen molar-refractivity contribution in [2.45, 2.75) is 23.3 Å². The summed E-state index contributed by atoms with van der Waals surface area (Å²) in [5.74, 6) is -0.215. The lowest BCUT2D eigenvalue weighted by Crippen LogP contribution is -2.46. The molecule has 1 fully saturated rings. The van der Waals surface area contributed by atoms with Crippen LogP contribution in [0.15, 0.2) is 47.5 Å². The molecule has 2 heterocycles. The molecule has 0 bridgehead atoms. The van der Waals surface area contributed by atoms with Crippen molar-refractivity contribution >= 4 is 39.1 Å². The van der Waals surface area contributed by atoms with Gasteiger partial charge in [-0.1, -0.05) is 35.3 Å². The van der Waals surface area contributed by atoms with E-state index in [1.165, 1.54) is 19.2 Å². The van der Waals surface area contributed by atoms with Crippen LogP contribution in [-0.2, 0) is 25.2 Å². The zero-order chi connectivity index (χ0) is 23.4. The van der Waals surface area contributed by atoms with E-state index in [1.54, 1.807) is 29.3 Å². The molecule has 0 radical (unpaired) electrons. The number of halogens is 2. The molecule has 2 aromatic rings. The number of piperidine rings is 1. The molecule has 3 rings (SSSR count). The second-order valence-electron chi connectivity index (χ2n) is 7.56. The number of nitrogens with zero attached hydrogens (tertiary/aromatic N) is 3. The smallest absolute Gasteiger partial charge is 0.248 e. The molecule has 1 saturated heterocycles.